The van der Waals surface area contributed by atoms with Gasteiger partial charge in [-0.1, -0.05) is 0 Å². The van der Waals surface area contributed by atoms with E-state index in [-0.39, 0.29) is 18.4 Å². The summed E-state index contributed by atoms with van der Waals surface area (Å²) in [4.78, 5) is 0. The lowest BCUT2D eigenvalue weighted by atomic mass is 9.88. The largest absolute Gasteiger partial charge is 0.274 e. The second-order valence-electron chi connectivity index (χ2n) is 2.63. The minimum absolute atomic E-state index is 0.00356. The highest BCUT2D eigenvalue weighted by atomic mass is 32.2. The predicted molar refractivity (Wildman–Crippen MR) is 38.5 cm³/mol. The molecule has 0 aromatic rings. The zero-order valence-electron chi connectivity index (χ0n) is 6.05. The molecule has 7 heteroatoms. The number of rotatable bonds is 2. The van der Waals surface area contributed by atoms with Gasteiger partial charge in [0, 0.05) is 6.04 Å². The van der Waals surface area contributed by atoms with E-state index in [0.717, 1.165) is 0 Å². The molecule has 0 unspecified atom stereocenters. The van der Waals surface area contributed by atoms with Crippen molar-refractivity contribution in [1.29, 1.82) is 0 Å². The van der Waals surface area contributed by atoms with Gasteiger partial charge in [0.05, 0.1) is 0 Å². The predicted octanol–water partition coefficient (Wildman–Crippen LogP) is 0.0925. The molecule has 1 rings (SSSR count). The van der Waals surface area contributed by atoms with E-state index < -0.39 is 22.3 Å². The van der Waals surface area contributed by atoms with Crippen LogP contribution in [0.4, 0.5) is 8.78 Å². The third-order valence-electron chi connectivity index (χ3n) is 1.58. The first-order valence-electron chi connectivity index (χ1n) is 3.21. The van der Waals surface area contributed by atoms with Crippen molar-refractivity contribution in [2.45, 2.75) is 18.9 Å². The lowest BCUT2D eigenvalue weighted by molar-refractivity contribution is 0.366. The molecule has 0 aromatic carbocycles. The summed E-state index contributed by atoms with van der Waals surface area (Å²) in [5, 5.41) is 4.62. The molecule has 0 radical (unpaired) electrons. The van der Waals surface area contributed by atoms with Gasteiger partial charge in [0.15, 0.2) is 0 Å². The molecule has 0 amide bonds. The minimum Gasteiger partial charge on any atom is -0.216 e. The Morgan fingerprint density at radius 2 is 2.00 bits per heavy atom. The standard InChI is InChI=1S/C5H8F2N2O2S/c6-5(7)3-1-4(2-3)9-12(8,10)11/h4,9H,1-2H2,(H2,8,10,11). The van der Waals surface area contributed by atoms with Gasteiger partial charge in [-0.2, -0.15) is 21.9 Å². The van der Waals surface area contributed by atoms with Crippen molar-refractivity contribution in [2.75, 3.05) is 0 Å². The highest BCUT2D eigenvalue weighted by Crippen LogP contribution is 2.30. The van der Waals surface area contributed by atoms with E-state index in [9.17, 15) is 17.2 Å². The molecule has 70 valence electrons. The normalized spacial score (nSPS) is 23.6. The Morgan fingerprint density at radius 1 is 1.50 bits per heavy atom. The second-order valence-corrected chi connectivity index (χ2v) is 3.96. The van der Waals surface area contributed by atoms with Gasteiger partial charge in [-0.25, -0.2) is 5.14 Å². The molecule has 0 saturated heterocycles. The molecule has 0 aliphatic heterocycles. The first-order valence-corrected chi connectivity index (χ1v) is 4.76. The van der Waals surface area contributed by atoms with Gasteiger partial charge < -0.3 is 0 Å². The van der Waals surface area contributed by atoms with Crippen molar-refractivity contribution in [2.24, 2.45) is 5.14 Å². The molecule has 0 aromatic heterocycles. The van der Waals surface area contributed by atoms with Gasteiger partial charge in [-0.3, -0.25) is 0 Å². The van der Waals surface area contributed by atoms with E-state index in [1.807, 2.05) is 4.72 Å². The van der Waals surface area contributed by atoms with Crippen molar-refractivity contribution < 1.29 is 17.2 Å². The topological polar surface area (TPSA) is 72.2 Å². The van der Waals surface area contributed by atoms with Crippen LogP contribution in [0.3, 0.4) is 0 Å². The average molecular weight is 198 g/mol. The molecule has 1 fully saturated rings. The van der Waals surface area contributed by atoms with E-state index in [2.05, 4.69) is 5.14 Å². The molecule has 1 aliphatic carbocycles. The fourth-order valence-electron chi connectivity index (χ4n) is 1.01. The average Bonchev–Trinajstić information content (AvgIpc) is 1.74. The van der Waals surface area contributed by atoms with Crippen molar-refractivity contribution in [3.05, 3.63) is 11.7 Å². The molecular weight excluding hydrogens is 190 g/mol. The summed E-state index contributed by atoms with van der Waals surface area (Å²) in [6, 6.07) is -0.462. The first-order chi connectivity index (χ1) is 5.38. The van der Waals surface area contributed by atoms with Crippen LogP contribution in [0.25, 0.3) is 0 Å². The molecule has 0 heterocycles. The third-order valence-corrected chi connectivity index (χ3v) is 2.25. The van der Waals surface area contributed by atoms with E-state index in [4.69, 9.17) is 0 Å². The Morgan fingerprint density at radius 3 is 2.33 bits per heavy atom. The Bertz CT molecular complexity index is 299. The monoisotopic (exact) mass is 198 g/mol. The molecule has 1 saturated carbocycles. The maximum atomic E-state index is 11.8. The van der Waals surface area contributed by atoms with Crippen LogP contribution in [0.1, 0.15) is 12.8 Å². The summed E-state index contributed by atoms with van der Waals surface area (Å²) < 4.78 is 46.3. The first kappa shape index (κ1) is 9.56. The van der Waals surface area contributed by atoms with Gasteiger partial charge in [-0.15, -0.1) is 0 Å². The highest BCUT2D eigenvalue weighted by molar-refractivity contribution is 7.87. The number of nitrogens with one attached hydrogen (secondary N) is 1. The molecular formula is C5H8F2N2O2S. The van der Waals surface area contributed by atoms with E-state index >= 15 is 0 Å². The van der Waals surface area contributed by atoms with E-state index in [0.29, 0.717) is 0 Å². The Labute approximate surface area is 68.6 Å². The van der Waals surface area contributed by atoms with Crippen LogP contribution in [-0.2, 0) is 10.2 Å². The van der Waals surface area contributed by atoms with Crippen molar-refractivity contribution in [3.63, 3.8) is 0 Å². The van der Waals surface area contributed by atoms with Gasteiger partial charge in [0.2, 0.25) is 0 Å². The fourth-order valence-corrected chi connectivity index (χ4v) is 1.64. The van der Waals surface area contributed by atoms with Crippen LogP contribution < -0.4 is 9.86 Å². The minimum atomic E-state index is -3.75. The Balaban J connectivity index is 2.42. The summed E-state index contributed by atoms with van der Waals surface area (Å²) in [6.07, 6.45) is -1.61. The Kier molecular flexibility index (Phi) is 2.45. The number of hydrogen-bond acceptors (Lipinski definition) is 2. The van der Waals surface area contributed by atoms with E-state index in [1.165, 1.54) is 0 Å². The van der Waals surface area contributed by atoms with Crippen LogP contribution in [0.5, 0.6) is 0 Å². The lowest BCUT2D eigenvalue weighted by Crippen LogP contribution is -2.44. The SMILES string of the molecule is NS(=O)(=O)NC1CC(=C(F)F)C1. The quantitative estimate of drug-likeness (QED) is 0.660. The lowest BCUT2D eigenvalue weighted by Gasteiger charge is -2.27. The third kappa shape index (κ3) is 2.50. The van der Waals surface area contributed by atoms with Crippen LogP contribution >= 0.6 is 0 Å². The van der Waals surface area contributed by atoms with Gasteiger partial charge in [0.25, 0.3) is 16.3 Å². The van der Waals surface area contributed by atoms with Crippen LogP contribution in [0.2, 0.25) is 0 Å². The molecule has 1 aliphatic rings. The summed E-state index contributed by atoms with van der Waals surface area (Å²) >= 11 is 0. The van der Waals surface area contributed by atoms with Crippen LogP contribution in [0.15, 0.2) is 11.7 Å². The second kappa shape index (κ2) is 3.08. The molecule has 0 spiro atoms. The van der Waals surface area contributed by atoms with E-state index in [1.54, 1.807) is 0 Å². The number of nitrogens with two attached hydrogens (primary N) is 1. The molecule has 4 nitrogen and oxygen atoms in total. The molecule has 0 atom stereocenters. The van der Waals surface area contributed by atoms with Crippen LogP contribution in [0, 0.1) is 0 Å². The van der Waals surface area contributed by atoms with Crippen molar-refractivity contribution in [3.8, 4) is 0 Å². The van der Waals surface area contributed by atoms with Gasteiger partial charge in [0.1, 0.15) is 0 Å². The number of halogens is 2. The number of hydrogen-bond donors (Lipinski definition) is 2. The van der Waals surface area contributed by atoms with Crippen LogP contribution in [-0.4, -0.2) is 14.5 Å². The highest BCUT2D eigenvalue weighted by Gasteiger charge is 2.29. The fraction of sp³-hybridized carbons (Fsp3) is 0.600. The summed E-state index contributed by atoms with van der Waals surface area (Å²) in [7, 11) is -3.75. The molecule has 3 N–H and O–H groups in total. The van der Waals surface area contributed by atoms with Gasteiger partial charge >= 0.3 is 0 Å². The Hall–Kier alpha value is -0.530. The summed E-state index contributed by atoms with van der Waals surface area (Å²) in [5.41, 5.74) is -0.00356. The zero-order valence-corrected chi connectivity index (χ0v) is 6.87. The van der Waals surface area contributed by atoms with Gasteiger partial charge in [-0.05, 0) is 18.4 Å². The maximum Gasteiger partial charge on any atom is 0.274 e. The summed E-state index contributed by atoms with van der Waals surface area (Å²) in [5.74, 6) is 0. The smallest absolute Gasteiger partial charge is 0.216 e. The van der Waals surface area contributed by atoms with Crippen molar-refractivity contribution >= 4 is 10.2 Å². The zero-order chi connectivity index (χ0) is 9.35. The molecule has 0 bridgehead atoms. The summed E-state index contributed by atoms with van der Waals surface area (Å²) in [6.45, 7) is 0. The van der Waals surface area contributed by atoms with Crippen molar-refractivity contribution in [1.82, 2.24) is 4.72 Å². The maximum absolute atomic E-state index is 11.8. The molecule has 12 heavy (non-hydrogen) atoms.